The highest BCUT2D eigenvalue weighted by atomic mass is 19.2. The Morgan fingerprint density at radius 3 is 2.73 bits per heavy atom. The molecule has 0 spiro atoms. The number of hydrogen-bond acceptors (Lipinski definition) is 3. The molecule has 1 amide bonds. The number of nitrogens with one attached hydrogen (secondary N) is 1. The highest BCUT2D eigenvalue weighted by molar-refractivity contribution is 6.04. The summed E-state index contributed by atoms with van der Waals surface area (Å²) in [6.07, 6.45) is 0. The van der Waals surface area contributed by atoms with Gasteiger partial charge in [-0.05, 0) is 6.07 Å². The van der Waals surface area contributed by atoms with Gasteiger partial charge in [0.05, 0.1) is 0 Å². The van der Waals surface area contributed by atoms with E-state index in [-0.39, 0.29) is 11.5 Å². The summed E-state index contributed by atoms with van der Waals surface area (Å²) in [5.74, 6) is -2.73. The first-order valence-corrected chi connectivity index (χ1v) is 4.17. The predicted molar refractivity (Wildman–Crippen MR) is 48.9 cm³/mol. The van der Waals surface area contributed by atoms with Crippen molar-refractivity contribution in [3.8, 4) is 0 Å². The second-order valence-corrected chi connectivity index (χ2v) is 3.05. The van der Waals surface area contributed by atoms with Crippen molar-refractivity contribution < 1.29 is 13.6 Å². The van der Waals surface area contributed by atoms with Crippen molar-refractivity contribution in [1.29, 1.82) is 0 Å². The van der Waals surface area contributed by atoms with Crippen LogP contribution in [0.25, 0.3) is 0 Å². The lowest BCUT2D eigenvalue weighted by Gasteiger charge is -2.06. The first-order valence-electron chi connectivity index (χ1n) is 4.17. The summed E-state index contributed by atoms with van der Waals surface area (Å²) in [5.41, 5.74) is 5.13. The zero-order valence-corrected chi connectivity index (χ0v) is 7.50. The lowest BCUT2D eigenvalue weighted by Crippen LogP contribution is -2.31. The molecule has 0 aromatic heterocycles. The molecule has 15 heavy (non-hydrogen) atoms. The first-order chi connectivity index (χ1) is 7.09. The molecule has 6 heteroatoms. The van der Waals surface area contributed by atoms with Crippen LogP contribution in [0.1, 0.15) is 11.6 Å². The second-order valence-electron chi connectivity index (χ2n) is 3.05. The fraction of sp³-hybridized carbons (Fsp3) is 0.111. The Kier molecular flexibility index (Phi) is 2.11. The summed E-state index contributed by atoms with van der Waals surface area (Å²) in [7, 11) is 0. The zero-order chi connectivity index (χ0) is 11.0. The monoisotopic (exact) mass is 211 g/mol. The van der Waals surface area contributed by atoms with E-state index < -0.39 is 23.6 Å². The van der Waals surface area contributed by atoms with Crippen LogP contribution in [0.2, 0.25) is 0 Å². The van der Waals surface area contributed by atoms with Crippen LogP contribution in [0.5, 0.6) is 0 Å². The van der Waals surface area contributed by atoms with Crippen LogP contribution in [0.4, 0.5) is 8.78 Å². The minimum Gasteiger partial charge on any atom is -0.370 e. The Morgan fingerprint density at radius 1 is 1.40 bits per heavy atom. The summed E-state index contributed by atoms with van der Waals surface area (Å²) in [6, 6.07) is 2.48. The molecule has 0 saturated heterocycles. The molecule has 1 heterocycles. The van der Waals surface area contributed by atoms with E-state index in [2.05, 4.69) is 10.3 Å². The average Bonchev–Trinajstić information content (AvgIpc) is 2.50. The lowest BCUT2D eigenvalue weighted by atomic mass is 10.1. The number of hydrogen-bond donors (Lipinski definition) is 2. The molecule has 0 bridgehead atoms. The van der Waals surface area contributed by atoms with Gasteiger partial charge in [-0.25, -0.2) is 13.8 Å². The van der Waals surface area contributed by atoms with Gasteiger partial charge < -0.3 is 5.73 Å². The van der Waals surface area contributed by atoms with E-state index in [1.165, 1.54) is 12.1 Å². The van der Waals surface area contributed by atoms with E-state index in [1.807, 2.05) is 0 Å². The number of carbonyl (C=O) groups is 1. The fourth-order valence-corrected chi connectivity index (χ4v) is 1.37. The van der Waals surface area contributed by atoms with Crippen molar-refractivity contribution >= 4 is 11.9 Å². The van der Waals surface area contributed by atoms with Crippen LogP contribution in [0, 0.1) is 11.6 Å². The number of halogens is 2. The van der Waals surface area contributed by atoms with E-state index >= 15 is 0 Å². The molecule has 0 radical (unpaired) electrons. The number of amides is 1. The van der Waals surface area contributed by atoms with Crippen molar-refractivity contribution in [2.45, 2.75) is 6.04 Å². The van der Waals surface area contributed by atoms with Gasteiger partial charge in [0, 0.05) is 5.56 Å². The Hall–Kier alpha value is -1.98. The van der Waals surface area contributed by atoms with E-state index in [9.17, 15) is 13.6 Å². The number of benzene rings is 1. The number of nitrogens with zero attached hydrogens (tertiary/aromatic N) is 1. The smallest absolute Gasteiger partial charge is 0.256 e. The highest BCUT2D eigenvalue weighted by Crippen LogP contribution is 2.24. The standard InChI is InChI=1S/C9H7F2N3O/c10-5-3-1-2-4(6(5)11)7-8(15)14-9(12)13-7/h1-3,7H,(H3,12,13,14,15). The van der Waals surface area contributed by atoms with Crippen LogP contribution in [0.3, 0.4) is 0 Å². The van der Waals surface area contributed by atoms with E-state index in [0.717, 1.165) is 6.07 Å². The normalized spacial score (nSPS) is 20.0. The quantitative estimate of drug-likeness (QED) is 0.708. The third-order valence-corrected chi connectivity index (χ3v) is 2.04. The molecule has 78 valence electrons. The lowest BCUT2D eigenvalue weighted by molar-refractivity contribution is -0.120. The van der Waals surface area contributed by atoms with Crippen LogP contribution in [-0.4, -0.2) is 11.9 Å². The summed E-state index contributed by atoms with van der Waals surface area (Å²) < 4.78 is 26.2. The van der Waals surface area contributed by atoms with Crippen LogP contribution in [0.15, 0.2) is 23.2 Å². The first kappa shape index (κ1) is 9.57. The molecule has 1 atom stereocenters. The van der Waals surface area contributed by atoms with E-state index in [4.69, 9.17) is 5.73 Å². The zero-order valence-electron chi connectivity index (χ0n) is 7.50. The molecule has 3 N–H and O–H groups in total. The van der Waals surface area contributed by atoms with E-state index in [1.54, 1.807) is 0 Å². The number of aliphatic imine (C=N–C) groups is 1. The van der Waals surface area contributed by atoms with Gasteiger partial charge in [-0.2, -0.15) is 0 Å². The minimum atomic E-state index is -1.10. The van der Waals surface area contributed by atoms with Crippen molar-refractivity contribution in [3.63, 3.8) is 0 Å². The maximum absolute atomic E-state index is 13.3. The molecule has 2 rings (SSSR count). The predicted octanol–water partition coefficient (Wildman–Crippen LogP) is 0.450. The third-order valence-electron chi connectivity index (χ3n) is 2.04. The summed E-state index contributed by atoms with van der Waals surface area (Å²) in [6.45, 7) is 0. The molecule has 1 aromatic rings. The van der Waals surface area contributed by atoms with Gasteiger partial charge in [0.15, 0.2) is 23.6 Å². The summed E-state index contributed by atoms with van der Waals surface area (Å²) in [4.78, 5) is 14.9. The molecule has 1 aliphatic rings. The average molecular weight is 211 g/mol. The summed E-state index contributed by atoms with van der Waals surface area (Å²) in [5, 5.41) is 2.21. The van der Waals surface area contributed by atoms with Gasteiger partial charge in [-0.3, -0.25) is 10.1 Å². The number of guanidine groups is 1. The molecule has 4 nitrogen and oxygen atoms in total. The van der Waals surface area contributed by atoms with Crippen LogP contribution >= 0.6 is 0 Å². The minimum absolute atomic E-state index is 0.0892. The van der Waals surface area contributed by atoms with Gasteiger partial charge in [0.1, 0.15) is 0 Å². The molecular formula is C9H7F2N3O. The Balaban J connectivity index is 2.46. The van der Waals surface area contributed by atoms with Crippen molar-refractivity contribution in [2.24, 2.45) is 10.7 Å². The molecule has 0 fully saturated rings. The van der Waals surface area contributed by atoms with Crippen molar-refractivity contribution in [3.05, 3.63) is 35.4 Å². The topological polar surface area (TPSA) is 67.5 Å². The fourth-order valence-electron chi connectivity index (χ4n) is 1.37. The number of nitrogens with two attached hydrogens (primary N) is 1. The highest BCUT2D eigenvalue weighted by Gasteiger charge is 2.29. The maximum Gasteiger partial charge on any atom is 0.256 e. The van der Waals surface area contributed by atoms with Crippen molar-refractivity contribution in [1.82, 2.24) is 5.32 Å². The molecule has 1 aliphatic heterocycles. The largest absolute Gasteiger partial charge is 0.370 e. The second kappa shape index (κ2) is 3.30. The van der Waals surface area contributed by atoms with Gasteiger partial charge in [0.2, 0.25) is 0 Å². The number of rotatable bonds is 1. The Bertz CT molecular complexity index is 459. The molecule has 0 saturated carbocycles. The Morgan fingerprint density at radius 2 is 2.13 bits per heavy atom. The molecular weight excluding hydrogens is 204 g/mol. The maximum atomic E-state index is 13.3. The van der Waals surface area contributed by atoms with Crippen molar-refractivity contribution in [2.75, 3.05) is 0 Å². The SMILES string of the molecule is NC1=NC(c2cccc(F)c2F)C(=O)N1. The van der Waals surface area contributed by atoms with Crippen LogP contribution in [-0.2, 0) is 4.79 Å². The van der Waals surface area contributed by atoms with Crippen LogP contribution < -0.4 is 11.1 Å². The van der Waals surface area contributed by atoms with Gasteiger partial charge in [-0.15, -0.1) is 0 Å². The third kappa shape index (κ3) is 1.54. The van der Waals surface area contributed by atoms with Gasteiger partial charge >= 0.3 is 0 Å². The van der Waals surface area contributed by atoms with Gasteiger partial charge in [-0.1, -0.05) is 12.1 Å². The Labute approximate surface area is 83.8 Å². The van der Waals surface area contributed by atoms with E-state index in [0.29, 0.717) is 0 Å². The summed E-state index contributed by atoms with van der Waals surface area (Å²) >= 11 is 0. The van der Waals surface area contributed by atoms with Gasteiger partial charge in [0.25, 0.3) is 5.91 Å². The number of carbonyl (C=O) groups excluding carboxylic acids is 1. The molecule has 1 aromatic carbocycles. The molecule has 1 unspecified atom stereocenters. The molecule has 0 aliphatic carbocycles.